The highest BCUT2D eigenvalue weighted by molar-refractivity contribution is 9.10. The van der Waals surface area contributed by atoms with Crippen molar-refractivity contribution >= 4 is 21.7 Å². The molecule has 0 spiro atoms. The predicted octanol–water partition coefficient (Wildman–Crippen LogP) is 2.66. The molecular formula is C10H9BrFN3. The SMILES string of the molecule is Cc1cn(-c2ccc(Br)c(F)c2)nc1N. The number of rotatable bonds is 1. The Morgan fingerprint density at radius 1 is 1.47 bits per heavy atom. The fourth-order valence-electron chi connectivity index (χ4n) is 1.23. The molecule has 0 aliphatic rings. The van der Waals surface area contributed by atoms with Crippen LogP contribution >= 0.6 is 15.9 Å². The number of nitrogen functional groups attached to an aromatic ring is 1. The number of aromatic nitrogens is 2. The second-order valence-electron chi connectivity index (χ2n) is 3.24. The number of anilines is 1. The van der Waals surface area contributed by atoms with Crippen molar-refractivity contribution < 1.29 is 4.39 Å². The van der Waals surface area contributed by atoms with Crippen molar-refractivity contribution in [1.82, 2.24) is 9.78 Å². The Bertz CT molecular complexity index is 488. The van der Waals surface area contributed by atoms with Gasteiger partial charge in [-0.2, -0.15) is 5.10 Å². The van der Waals surface area contributed by atoms with E-state index in [2.05, 4.69) is 21.0 Å². The van der Waals surface area contributed by atoms with E-state index in [1.165, 1.54) is 6.07 Å². The van der Waals surface area contributed by atoms with E-state index >= 15 is 0 Å². The van der Waals surface area contributed by atoms with Gasteiger partial charge in [0.15, 0.2) is 0 Å². The molecule has 1 aromatic carbocycles. The van der Waals surface area contributed by atoms with E-state index in [0.29, 0.717) is 16.0 Å². The molecular weight excluding hydrogens is 261 g/mol. The van der Waals surface area contributed by atoms with E-state index < -0.39 is 0 Å². The van der Waals surface area contributed by atoms with Gasteiger partial charge in [0, 0.05) is 17.8 Å². The Morgan fingerprint density at radius 3 is 2.73 bits per heavy atom. The van der Waals surface area contributed by atoms with Crippen LogP contribution in [0.15, 0.2) is 28.9 Å². The number of hydrogen-bond acceptors (Lipinski definition) is 2. The third kappa shape index (κ3) is 1.87. The molecule has 1 heterocycles. The van der Waals surface area contributed by atoms with Crippen LogP contribution in [0.3, 0.4) is 0 Å². The topological polar surface area (TPSA) is 43.8 Å². The van der Waals surface area contributed by atoms with E-state index in [1.807, 2.05) is 6.92 Å². The maximum atomic E-state index is 13.3. The first-order chi connectivity index (χ1) is 7.08. The van der Waals surface area contributed by atoms with Crippen LogP contribution in [0.1, 0.15) is 5.56 Å². The Kier molecular flexibility index (Phi) is 2.48. The molecule has 0 radical (unpaired) electrons. The molecule has 0 atom stereocenters. The third-order valence-electron chi connectivity index (χ3n) is 2.10. The Labute approximate surface area is 94.8 Å². The summed E-state index contributed by atoms with van der Waals surface area (Å²) < 4.78 is 15.2. The van der Waals surface area contributed by atoms with Gasteiger partial charge in [0.05, 0.1) is 10.2 Å². The summed E-state index contributed by atoms with van der Waals surface area (Å²) in [7, 11) is 0. The first-order valence-corrected chi connectivity index (χ1v) is 5.14. The molecule has 2 rings (SSSR count). The second kappa shape index (κ2) is 3.66. The van der Waals surface area contributed by atoms with Gasteiger partial charge in [0.25, 0.3) is 0 Å². The largest absolute Gasteiger partial charge is 0.382 e. The Hall–Kier alpha value is -1.36. The fraction of sp³-hybridized carbons (Fsp3) is 0.100. The van der Waals surface area contributed by atoms with Gasteiger partial charge in [-0.25, -0.2) is 9.07 Å². The second-order valence-corrected chi connectivity index (χ2v) is 4.09. The van der Waals surface area contributed by atoms with Crippen LogP contribution in [0.2, 0.25) is 0 Å². The molecule has 0 fully saturated rings. The summed E-state index contributed by atoms with van der Waals surface area (Å²) in [5, 5.41) is 4.06. The molecule has 0 aliphatic carbocycles. The van der Waals surface area contributed by atoms with Crippen molar-refractivity contribution in [1.29, 1.82) is 0 Å². The van der Waals surface area contributed by atoms with Crippen LogP contribution in [0.4, 0.5) is 10.2 Å². The zero-order valence-electron chi connectivity index (χ0n) is 8.04. The highest BCUT2D eigenvalue weighted by Gasteiger charge is 2.05. The van der Waals surface area contributed by atoms with Gasteiger partial charge in [-0.3, -0.25) is 0 Å². The molecule has 15 heavy (non-hydrogen) atoms. The summed E-state index contributed by atoms with van der Waals surface area (Å²) in [6, 6.07) is 4.80. The van der Waals surface area contributed by atoms with Crippen molar-refractivity contribution in [3.8, 4) is 5.69 Å². The van der Waals surface area contributed by atoms with E-state index in [1.54, 1.807) is 23.0 Å². The van der Waals surface area contributed by atoms with Crippen LogP contribution in [-0.4, -0.2) is 9.78 Å². The summed E-state index contributed by atoms with van der Waals surface area (Å²) in [5.74, 6) is 0.137. The minimum atomic E-state index is -0.320. The van der Waals surface area contributed by atoms with Gasteiger partial charge in [0.1, 0.15) is 11.6 Å². The van der Waals surface area contributed by atoms with Crippen LogP contribution in [-0.2, 0) is 0 Å². The smallest absolute Gasteiger partial charge is 0.148 e. The monoisotopic (exact) mass is 269 g/mol. The highest BCUT2D eigenvalue weighted by Crippen LogP contribution is 2.19. The normalized spacial score (nSPS) is 10.6. The summed E-state index contributed by atoms with van der Waals surface area (Å²) in [4.78, 5) is 0. The van der Waals surface area contributed by atoms with E-state index in [0.717, 1.165) is 5.56 Å². The molecule has 2 aromatic rings. The van der Waals surface area contributed by atoms with Crippen molar-refractivity contribution in [2.45, 2.75) is 6.92 Å². The van der Waals surface area contributed by atoms with Crippen LogP contribution in [0.25, 0.3) is 5.69 Å². The molecule has 78 valence electrons. The maximum Gasteiger partial charge on any atom is 0.148 e. The molecule has 0 saturated carbocycles. The zero-order chi connectivity index (χ0) is 11.0. The van der Waals surface area contributed by atoms with Gasteiger partial charge in [-0.1, -0.05) is 0 Å². The quantitative estimate of drug-likeness (QED) is 0.865. The number of nitrogens with zero attached hydrogens (tertiary/aromatic N) is 2. The molecule has 0 unspecified atom stereocenters. The van der Waals surface area contributed by atoms with E-state index in [4.69, 9.17) is 5.73 Å². The highest BCUT2D eigenvalue weighted by atomic mass is 79.9. The van der Waals surface area contributed by atoms with Crippen LogP contribution < -0.4 is 5.73 Å². The minimum Gasteiger partial charge on any atom is -0.382 e. The van der Waals surface area contributed by atoms with Crippen molar-refractivity contribution in [3.63, 3.8) is 0 Å². The summed E-state index contributed by atoms with van der Waals surface area (Å²) >= 11 is 3.09. The lowest BCUT2D eigenvalue weighted by Gasteiger charge is -2.01. The predicted molar refractivity (Wildman–Crippen MR) is 60.4 cm³/mol. The summed E-state index contributed by atoms with van der Waals surface area (Å²) in [6.45, 7) is 1.86. The summed E-state index contributed by atoms with van der Waals surface area (Å²) in [6.07, 6.45) is 1.76. The van der Waals surface area contributed by atoms with Gasteiger partial charge in [-0.05, 0) is 35.0 Å². The molecule has 0 amide bonds. The molecule has 0 aliphatic heterocycles. The third-order valence-corrected chi connectivity index (χ3v) is 2.75. The molecule has 1 aromatic heterocycles. The van der Waals surface area contributed by atoms with E-state index in [9.17, 15) is 4.39 Å². The average molecular weight is 270 g/mol. The standard InChI is InChI=1S/C10H9BrFN3/c1-6-5-15(14-10(6)13)7-2-3-8(11)9(12)4-7/h2-5H,1H3,(H2,13,14). The maximum absolute atomic E-state index is 13.3. The number of hydrogen-bond donors (Lipinski definition) is 1. The average Bonchev–Trinajstić information content (AvgIpc) is 2.52. The van der Waals surface area contributed by atoms with Gasteiger partial charge in [-0.15, -0.1) is 0 Å². The van der Waals surface area contributed by atoms with Crippen molar-refractivity contribution in [3.05, 3.63) is 40.2 Å². The first-order valence-electron chi connectivity index (χ1n) is 4.35. The van der Waals surface area contributed by atoms with E-state index in [-0.39, 0.29) is 5.82 Å². The van der Waals surface area contributed by atoms with Gasteiger partial charge in [0.2, 0.25) is 0 Å². The molecule has 0 bridgehead atoms. The molecule has 0 saturated heterocycles. The number of halogens is 2. The lowest BCUT2D eigenvalue weighted by atomic mass is 10.3. The van der Waals surface area contributed by atoms with Crippen molar-refractivity contribution in [2.24, 2.45) is 0 Å². The molecule has 3 nitrogen and oxygen atoms in total. The lowest BCUT2D eigenvalue weighted by molar-refractivity contribution is 0.619. The fourth-order valence-corrected chi connectivity index (χ4v) is 1.48. The minimum absolute atomic E-state index is 0.320. The van der Waals surface area contributed by atoms with Gasteiger partial charge >= 0.3 is 0 Å². The Balaban J connectivity index is 2.49. The Morgan fingerprint density at radius 2 is 2.20 bits per heavy atom. The lowest BCUT2D eigenvalue weighted by Crippen LogP contribution is -1.96. The zero-order valence-corrected chi connectivity index (χ0v) is 9.62. The summed E-state index contributed by atoms with van der Waals surface area (Å²) in [5.41, 5.74) is 7.13. The molecule has 5 heteroatoms. The number of aryl methyl sites for hydroxylation is 1. The first kappa shape index (κ1) is 10.2. The van der Waals surface area contributed by atoms with Crippen LogP contribution in [0.5, 0.6) is 0 Å². The number of nitrogens with two attached hydrogens (primary N) is 1. The number of benzene rings is 1. The molecule has 2 N–H and O–H groups in total. The van der Waals surface area contributed by atoms with Gasteiger partial charge < -0.3 is 5.73 Å². The van der Waals surface area contributed by atoms with Crippen molar-refractivity contribution in [2.75, 3.05) is 5.73 Å². The van der Waals surface area contributed by atoms with Crippen LogP contribution in [0, 0.1) is 12.7 Å².